The molecule has 24 heavy (non-hydrogen) atoms. The largest absolute Gasteiger partial charge is 0.454 e. The van der Waals surface area contributed by atoms with E-state index in [0.717, 1.165) is 4.88 Å². The van der Waals surface area contributed by atoms with Crippen molar-refractivity contribution < 1.29 is 14.3 Å². The minimum atomic E-state index is -0.612. The number of aromatic nitrogens is 2. The minimum Gasteiger partial charge on any atom is -0.454 e. The maximum absolute atomic E-state index is 11.9. The Bertz CT molecular complexity index is 942. The molecule has 3 aromatic rings. The molecule has 0 aromatic carbocycles. The SMILES string of the molecule is Cc1ccc(C(=O)COC(=O)/C=C/c2c(Cl)nc3ccccn23)s1. The molecule has 0 aliphatic carbocycles. The van der Waals surface area contributed by atoms with Gasteiger partial charge in [-0.2, -0.15) is 0 Å². The van der Waals surface area contributed by atoms with Crippen LogP contribution in [0, 0.1) is 6.92 Å². The molecule has 0 unspecified atom stereocenters. The van der Waals surface area contributed by atoms with Gasteiger partial charge in [0.25, 0.3) is 0 Å². The maximum Gasteiger partial charge on any atom is 0.331 e. The first-order valence-electron chi connectivity index (χ1n) is 7.11. The fourth-order valence-electron chi connectivity index (χ4n) is 2.12. The predicted molar refractivity (Wildman–Crippen MR) is 93.6 cm³/mol. The van der Waals surface area contributed by atoms with Crippen molar-refractivity contribution in [3.05, 3.63) is 63.2 Å². The van der Waals surface area contributed by atoms with Crippen LogP contribution in [0.1, 0.15) is 20.2 Å². The number of nitrogens with zero attached hydrogens (tertiary/aromatic N) is 2. The van der Waals surface area contributed by atoms with Gasteiger partial charge in [0, 0.05) is 17.2 Å². The first-order valence-corrected chi connectivity index (χ1v) is 8.31. The first-order chi connectivity index (χ1) is 11.5. The zero-order valence-corrected chi connectivity index (χ0v) is 14.3. The maximum atomic E-state index is 11.9. The van der Waals surface area contributed by atoms with Crippen LogP contribution in [0.5, 0.6) is 0 Å². The second-order valence-electron chi connectivity index (χ2n) is 4.99. The number of ether oxygens (including phenoxy) is 1. The number of fused-ring (bicyclic) bond motifs is 1. The zero-order valence-electron chi connectivity index (χ0n) is 12.7. The van der Waals surface area contributed by atoms with E-state index in [-0.39, 0.29) is 17.5 Å². The van der Waals surface area contributed by atoms with Crippen LogP contribution in [0.15, 0.2) is 42.6 Å². The standard InChI is InChI=1S/C17H13ClN2O3S/c1-11-5-7-14(24-11)13(21)10-23-16(22)8-6-12-17(18)19-15-4-2-3-9-20(12)15/h2-9H,10H2,1H3/b8-6+. The second-order valence-corrected chi connectivity index (χ2v) is 6.64. The zero-order chi connectivity index (χ0) is 17.1. The number of hydrogen-bond acceptors (Lipinski definition) is 5. The number of halogens is 1. The van der Waals surface area contributed by atoms with Gasteiger partial charge < -0.3 is 4.74 Å². The Kier molecular flexibility index (Phi) is 4.78. The van der Waals surface area contributed by atoms with Crippen LogP contribution in [-0.2, 0) is 9.53 Å². The van der Waals surface area contributed by atoms with Gasteiger partial charge >= 0.3 is 5.97 Å². The van der Waals surface area contributed by atoms with Crippen molar-refractivity contribution in [1.29, 1.82) is 0 Å². The predicted octanol–water partition coefficient (Wildman–Crippen LogP) is 3.80. The van der Waals surface area contributed by atoms with Crippen molar-refractivity contribution in [3.8, 4) is 0 Å². The lowest BCUT2D eigenvalue weighted by atomic mass is 10.3. The van der Waals surface area contributed by atoms with Crippen molar-refractivity contribution >= 4 is 46.4 Å². The normalized spacial score (nSPS) is 11.2. The molecule has 0 aliphatic heterocycles. The molecule has 3 heterocycles. The van der Waals surface area contributed by atoms with Crippen LogP contribution in [0.4, 0.5) is 0 Å². The third-order valence-electron chi connectivity index (χ3n) is 3.26. The monoisotopic (exact) mass is 360 g/mol. The van der Waals surface area contributed by atoms with E-state index in [0.29, 0.717) is 16.2 Å². The van der Waals surface area contributed by atoms with E-state index in [2.05, 4.69) is 4.98 Å². The van der Waals surface area contributed by atoms with Crippen LogP contribution >= 0.6 is 22.9 Å². The third kappa shape index (κ3) is 3.55. The summed E-state index contributed by atoms with van der Waals surface area (Å²) in [6, 6.07) is 9.07. The molecule has 5 nitrogen and oxygen atoms in total. The average Bonchev–Trinajstić information content (AvgIpc) is 3.13. The highest BCUT2D eigenvalue weighted by Gasteiger charge is 2.11. The molecule has 122 valence electrons. The number of hydrogen-bond donors (Lipinski definition) is 0. The molecule has 0 bridgehead atoms. The smallest absolute Gasteiger partial charge is 0.331 e. The minimum absolute atomic E-state index is 0.220. The highest BCUT2D eigenvalue weighted by Crippen LogP contribution is 2.19. The number of rotatable bonds is 5. The summed E-state index contributed by atoms with van der Waals surface area (Å²) < 4.78 is 6.73. The first kappa shape index (κ1) is 16.4. The molecular weight excluding hydrogens is 348 g/mol. The molecule has 0 aliphatic rings. The summed E-state index contributed by atoms with van der Waals surface area (Å²) in [5, 5.41) is 0.287. The van der Waals surface area contributed by atoms with Gasteiger partial charge in [0.05, 0.1) is 10.6 Å². The summed E-state index contributed by atoms with van der Waals surface area (Å²) in [5.41, 5.74) is 1.25. The number of thiophene rings is 1. The van der Waals surface area contributed by atoms with Crippen molar-refractivity contribution in [1.82, 2.24) is 9.38 Å². The molecular formula is C17H13ClN2O3S. The molecule has 7 heteroatoms. The summed E-state index contributed by atoms with van der Waals surface area (Å²) in [6.07, 6.45) is 4.54. The van der Waals surface area contributed by atoms with E-state index in [1.165, 1.54) is 23.5 Å². The van der Waals surface area contributed by atoms with Gasteiger partial charge in [-0.25, -0.2) is 9.78 Å². The number of Topliss-reactive ketones (excluding diaryl/α,β-unsaturated/α-hetero) is 1. The summed E-state index contributed by atoms with van der Waals surface area (Å²) in [7, 11) is 0. The van der Waals surface area contributed by atoms with E-state index in [4.69, 9.17) is 16.3 Å². The Labute approximate surface area is 147 Å². The molecule has 3 rings (SSSR count). The fourth-order valence-corrected chi connectivity index (χ4v) is 3.15. The summed E-state index contributed by atoms with van der Waals surface area (Å²) in [5.74, 6) is -0.832. The molecule has 0 spiro atoms. The van der Waals surface area contributed by atoms with Crippen LogP contribution in [-0.4, -0.2) is 27.7 Å². The molecule has 0 saturated heterocycles. The number of carbonyl (C=O) groups excluding carboxylic acids is 2. The number of imidazole rings is 1. The quantitative estimate of drug-likeness (QED) is 0.394. The van der Waals surface area contributed by atoms with E-state index in [1.807, 2.05) is 31.2 Å². The van der Waals surface area contributed by atoms with Gasteiger partial charge in [-0.3, -0.25) is 9.20 Å². The Morgan fingerprint density at radius 2 is 2.17 bits per heavy atom. The lowest BCUT2D eigenvalue weighted by molar-refractivity contribution is -0.136. The number of esters is 1. The van der Waals surface area contributed by atoms with Gasteiger partial charge in [-0.1, -0.05) is 17.7 Å². The number of pyridine rings is 1. The molecule has 0 saturated carbocycles. The number of ketones is 1. The van der Waals surface area contributed by atoms with Gasteiger partial charge in [0.15, 0.2) is 11.8 Å². The summed E-state index contributed by atoms with van der Waals surface area (Å²) in [6.45, 7) is 1.62. The Balaban J connectivity index is 1.65. The van der Waals surface area contributed by atoms with E-state index < -0.39 is 5.97 Å². The lowest BCUT2D eigenvalue weighted by Crippen LogP contribution is -2.11. The van der Waals surface area contributed by atoms with Crippen LogP contribution in [0.25, 0.3) is 11.7 Å². The van der Waals surface area contributed by atoms with E-state index >= 15 is 0 Å². The van der Waals surface area contributed by atoms with Crippen molar-refractivity contribution in [2.75, 3.05) is 6.61 Å². The molecule has 0 N–H and O–H groups in total. The molecule has 0 radical (unpaired) electrons. The summed E-state index contributed by atoms with van der Waals surface area (Å²) in [4.78, 5) is 29.5. The Morgan fingerprint density at radius 1 is 1.33 bits per heavy atom. The number of carbonyl (C=O) groups is 2. The molecule has 0 fully saturated rings. The third-order valence-corrected chi connectivity index (χ3v) is 4.58. The van der Waals surface area contributed by atoms with Gasteiger partial charge in [-0.05, 0) is 37.3 Å². The number of aryl methyl sites for hydroxylation is 1. The molecule has 3 aromatic heterocycles. The van der Waals surface area contributed by atoms with Crippen LogP contribution in [0.3, 0.4) is 0 Å². The van der Waals surface area contributed by atoms with Crippen LogP contribution in [0.2, 0.25) is 5.15 Å². The second kappa shape index (κ2) is 6.98. The Hall–Kier alpha value is -2.44. The van der Waals surface area contributed by atoms with Crippen molar-refractivity contribution in [2.24, 2.45) is 0 Å². The summed E-state index contributed by atoms with van der Waals surface area (Å²) >= 11 is 7.45. The molecule has 0 atom stereocenters. The van der Waals surface area contributed by atoms with E-state index in [9.17, 15) is 9.59 Å². The van der Waals surface area contributed by atoms with E-state index in [1.54, 1.807) is 16.7 Å². The van der Waals surface area contributed by atoms with Gasteiger partial charge in [-0.15, -0.1) is 11.3 Å². The fraction of sp³-hybridized carbons (Fsp3) is 0.118. The Morgan fingerprint density at radius 3 is 2.92 bits per heavy atom. The topological polar surface area (TPSA) is 60.7 Å². The lowest BCUT2D eigenvalue weighted by Gasteiger charge is -2.00. The highest BCUT2D eigenvalue weighted by molar-refractivity contribution is 7.14. The van der Waals surface area contributed by atoms with Crippen molar-refractivity contribution in [2.45, 2.75) is 6.92 Å². The van der Waals surface area contributed by atoms with Gasteiger partial charge in [0.1, 0.15) is 5.65 Å². The van der Waals surface area contributed by atoms with Gasteiger partial charge in [0.2, 0.25) is 5.78 Å². The average molecular weight is 361 g/mol. The highest BCUT2D eigenvalue weighted by atomic mass is 35.5. The van der Waals surface area contributed by atoms with Crippen LogP contribution < -0.4 is 0 Å². The molecule has 0 amide bonds. The van der Waals surface area contributed by atoms with Crippen molar-refractivity contribution in [3.63, 3.8) is 0 Å².